The lowest BCUT2D eigenvalue weighted by Gasteiger charge is -2.07. The Labute approximate surface area is 94.0 Å². The minimum Gasteiger partial charge on any atom is -0.375 e. The summed E-state index contributed by atoms with van der Waals surface area (Å²) in [6, 6.07) is 1.73. The molecule has 4 nitrogen and oxygen atoms in total. The monoisotopic (exact) mass is 227 g/mol. The number of halogens is 1. The summed E-state index contributed by atoms with van der Waals surface area (Å²) < 4.78 is 0. The average Bonchev–Trinajstić information content (AvgIpc) is 2.25. The second kappa shape index (κ2) is 6.24. The Balaban J connectivity index is 2.37. The largest absolute Gasteiger partial charge is 0.375 e. The number of anilines is 1. The Morgan fingerprint density at radius 2 is 2.40 bits per heavy atom. The van der Waals surface area contributed by atoms with E-state index in [-0.39, 0.29) is 12.5 Å². The molecule has 2 N–H and O–H groups in total. The smallest absolute Gasteiger partial charge is 0.239 e. The second-order valence-corrected chi connectivity index (χ2v) is 3.47. The zero-order valence-electron chi connectivity index (χ0n) is 8.59. The first kappa shape index (κ1) is 11.8. The number of aromatic nitrogens is 1. The SMILES string of the molecule is CCCNC(=O)CNc1ccncc1Cl. The van der Waals surface area contributed by atoms with Crippen molar-refractivity contribution in [3.63, 3.8) is 0 Å². The van der Waals surface area contributed by atoms with E-state index in [0.717, 1.165) is 12.1 Å². The minimum absolute atomic E-state index is 0.0373. The third-order valence-electron chi connectivity index (χ3n) is 1.78. The summed E-state index contributed by atoms with van der Waals surface area (Å²) in [6.45, 7) is 2.93. The summed E-state index contributed by atoms with van der Waals surface area (Å²) in [4.78, 5) is 15.1. The van der Waals surface area contributed by atoms with Gasteiger partial charge in [-0.15, -0.1) is 0 Å². The predicted molar refractivity (Wildman–Crippen MR) is 61.0 cm³/mol. The summed E-state index contributed by atoms with van der Waals surface area (Å²) >= 11 is 5.86. The zero-order valence-corrected chi connectivity index (χ0v) is 9.34. The highest BCUT2D eigenvalue weighted by Crippen LogP contribution is 2.18. The van der Waals surface area contributed by atoms with Crippen LogP contribution >= 0.6 is 11.6 Å². The molecular formula is C10H14ClN3O. The van der Waals surface area contributed by atoms with Crippen molar-refractivity contribution in [2.75, 3.05) is 18.4 Å². The van der Waals surface area contributed by atoms with Crippen LogP contribution in [0.25, 0.3) is 0 Å². The fourth-order valence-corrected chi connectivity index (χ4v) is 1.21. The molecule has 0 aliphatic carbocycles. The van der Waals surface area contributed by atoms with Crippen molar-refractivity contribution in [1.29, 1.82) is 0 Å². The average molecular weight is 228 g/mol. The van der Waals surface area contributed by atoms with Crippen molar-refractivity contribution in [2.45, 2.75) is 13.3 Å². The lowest BCUT2D eigenvalue weighted by molar-refractivity contribution is -0.119. The van der Waals surface area contributed by atoms with E-state index in [2.05, 4.69) is 15.6 Å². The maximum absolute atomic E-state index is 11.3. The van der Waals surface area contributed by atoms with Crippen LogP contribution in [0, 0.1) is 0 Å². The van der Waals surface area contributed by atoms with Crippen LogP contribution in [0.3, 0.4) is 0 Å². The van der Waals surface area contributed by atoms with E-state index in [0.29, 0.717) is 11.6 Å². The Morgan fingerprint density at radius 1 is 1.60 bits per heavy atom. The van der Waals surface area contributed by atoms with Crippen molar-refractivity contribution in [3.8, 4) is 0 Å². The lowest BCUT2D eigenvalue weighted by Crippen LogP contribution is -2.30. The number of rotatable bonds is 5. The normalized spacial score (nSPS) is 9.73. The van der Waals surface area contributed by atoms with E-state index >= 15 is 0 Å². The van der Waals surface area contributed by atoms with Crippen LogP contribution in [0.2, 0.25) is 5.02 Å². The van der Waals surface area contributed by atoms with Crippen LogP contribution in [-0.2, 0) is 4.79 Å². The highest BCUT2D eigenvalue weighted by molar-refractivity contribution is 6.33. The number of carbonyl (C=O) groups is 1. The van der Waals surface area contributed by atoms with Crippen LogP contribution < -0.4 is 10.6 Å². The maximum Gasteiger partial charge on any atom is 0.239 e. The molecule has 1 rings (SSSR count). The molecule has 0 unspecified atom stereocenters. The van der Waals surface area contributed by atoms with E-state index in [4.69, 9.17) is 11.6 Å². The Kier molecular flexibility index (Phi) is 4.90. The first-order valence-electron chi connectivity index (χ1n) is 4.84. The number of nitrogens with zero attached hydrogens (tertiary/aromatic N) is 1. The van der Waals surface area contributed by atoms with Gasteiger partial charge in [-0.25, -0.2) is 0 Å². The van der Waals surface area contributed by atoms with Gasteiger partial charge in [0.2, 0.25) is 5.91 Å². The third-order valence-corrected chi connectivity index (χ3v) is 2.09. The van der Waals surface area contributed by atoms with E-state index in [9.17, 15) is 4.79 Å². The first-order chi connectivity index (χ1) is 7.24. The van der Waals surface area contributed by atoms with Gasteiger partial charge in [0.05, 0.1) is 17.3 Å². The molecule has 0 radical (unpaired) electrons. The van der Waals surface area contributed by atoms with Crippen LogP contribution in [0.5, 0.6) is 0 Å². The summed E-state index contributed by atoms with van der Waals surface area (Å²) in [5, 5.41) is 6.21. The maximum atomic E-state index is 11.3. The molecule has 1 amide bonds. The van der Waals surface area contributed by atoms with Crippen LogP contribution in [0.1, 0.15) is 13.3 Å². The van der Waals surface area contributed by atoms with E-state index in [1.54, 1.807) is 12.3 Å². The number of hydrogen-bond acceptors (Lipinski definition) is 3. The number of pyridine rings is 1. The highest BCUT2D eigenvalue weighted by atomic mass is 35.5. The molecule has 0 saturated carbocycles. The molecule has 1 aromatic heterocycles. The summed E-state index contributed by atoms with van der Waals surface area (Å²) in [7, 11) is 0. The number of hydrogen-bond donors (Lipinski definition) is 2. The van der Waals surface area contributed by atoms with Gasteiger partial charge in [-0.1, -0.05) is 18.5 Å². The van der Waals surface area contributed by atoms with Crippen LogP contribution in [0.4, 0.5) is 5.69 Å². The molecule has 1 aromatic rings. The molecule has 0 spiro atoms. The summed E-state index contributed by atoms with van der Waals surface area (Å²) in [5.41, 5.74) is 0.721. The highest BCUT2D eigenvalue weighted by Gasteiger charge is 2.02. The van der Waals surface area contributed by atoms with Gasteiger partial charge in [-0.2, -0.15) is 0 Å². The number of amides is 1. The molecule has 5 heteroatoms. The van der Waals surface area contributed by atoms with Crippen molar-refractivity contribution >= 4 is 23.2 Å². The van der Waals surface area contributed by atoms with Crippen molar-refractivity contribution in [3.05, 3.63) is 23.5 Å². The van der Waals surface area contributed by atoms with Crippen LogP contribution in [0.15, 0.2) is 18.5 Å². The molecule has 0 aromatic carbocycles. The third kappa shape index (κ3) is 4.16. The minimum atomic E-state index is -0.0373. The summed E-state index contributed by atoms with van der Waals surface area (Å²) in [6.07, 6.45) is 4.09. The van der Waals surface area contributed by atoms with E-state index < -0.39 is 0 Å². The van der Waals surface area contributed by atoms with Crippen molar-refractivity contribution in [2.24, 2.45) is 0 Å². The fourth-order valence-electron chi connectivity index (χ4n) is 1.02. The van der Waals surface area contributed by atoms with Gasteiger partial charge in [0.25, 0.3) is 0 Å². The first-order valence-corrected chi connectivity index (χ1v) is 5.22. The van der Waals surface area contributed by atoms with Gasteiger partial charge in [0.15, 0.2) is 0 Å². The number of carbonyl (C=O) groups excluding carboxylic acids is 1. The topological polar surface area (TPSA) is 54.0 Å². The fraction of sp³-hybridized carbons (Fsp3) is 0.400. The van der Waals surface area contributed by atoms with Gasteiger partial charge >= 0.3 is 0 Å². The zero-order chi connectivity index (χ0) is 11.1. The second-order valence-electron chi connectivity index (χ2n) is 3.06. The van der Waals surface area contributed by atoms with Crippen molar-refractivity contribution in [1.82, 2.24) is 10.3 Å². The summed E-state index contributed by atoms with van der Waals surface area (Å²) in [5.74, 6) is -0.0373. The molecule has 0 aliphatic heterocycles. The molecule has 15 heavy (non-hydrogen) atoms. The Hall–Kier alpha value is -1.29. The van der Waals surface area contributed by atoms with Gasteiger partial charge in [0.1, 0.15) is 0 Å². The predicted octanol–water partition coefficient (Wildman–Crippen LogP) is 1.67. The Morgan fingerprint density at radius 3 is 3.07 bits per heavy atom. The molecule has 0 aliphatic rings. The molecule has 0 saturated heterocycles. The Bertz CT molecular complexity index is 330. The van der Waals surface area contributed by atoms with Gasteiger partial charge in [0, 0.05) is 18.9 Å². The number of nitrogens with one attached hydrogen (secondary N) is 2. The molecular weight excluding hydrogens is 214 g/mol. The molecule has 82 valence electrons. The molecule has 0 bridgehead atoms. The molecule has 0 atom stereocenters. The van der Waals surface area contributed by atoms with Gasteiger partial charge in [-0.05, 0) is 12.5 Å². The van der Waals surface area contributed by atoms with E-state index in [1.165, 1.54) is 6.20 Å². The van der Waals surface area contributed by atoms with Crippen LogP contribution in [-0.4, -0.2) is 24.0 Å². The quantitative estimate of drug-likeness (QED) is 0.805. The molecule has 1 heterocycles. The van der Waals surface area contributed by atoms with Gasteiger partial charge in [-0.3, -0.25) is 9.78 Å². The van der Waals surface area contributed by atoms with Gasteiger partial charge < -0.3 is 10.6 Å². The van der Waals surface area contributed by atoms with Crippen molar-refractivity contribution < 1.29 is 4.79 Å². The molecule has 0 fully saturated rings. The standard InChI is InChI=1S/C10H14ClN3O/c1-2-4-13-10(15)7-14-9-3-5-12-6-8(9)11/h3,5-6H,2,4,7H2,1H3,(H,12,14)(H,13,15). The van der Waals surface area contributed by atoms with E-state index in [1.807, 2.05) is 6.92 Å². The lowest BCUT2D eigenvalue weighted by atomic mass is 10.4.